The Balaban J connectivity index is 2.05. The number of carbonyl (C=O) groups excluding carboxylic acids is 1. The minimum Gasteiger partial charge on any atom is -0.336 e. The van der Waals surface area contributed by atoms with Crippen LogP contribution in [0.5, 0.6) is 0 Å². The van der Waals surface area contributed by atoms with Crippen molar-refractivity contribution in [3.8, 4) is 0 Å². The van der Waals surface area contributed by atoms with Crippen LogP contribution in [0.25, 0.3) is 0 Å². The Kier molecular flexibility index (Phi) is 4.82. The number of hydrogen-bond donors (Lipinski definition) is 0. The molecule has 2 rings (SSSR count). The van der Waals surface area contributed by atoms with Crippen LogP contribution in [0.1, 0.15) is 10.4 Å². The highest BCUT2D eigenvalue weighted by Crippen LogP contribution is 2.18. The first kappa shape index (κ1) is 16.2. The van der Waals surface area contributed by atoms with Gasteiger partial charge >= 0.3 is 0 Å². The molecule has 0 unspecified atom stereocenters. The van der Waals surface area contributed by atoms with Gasteiger partial charge in [-0.15, -0.1) is 0 Å². The van der Waals surface area contributed by atoms with Crippen LogP contribution >= 0.6 is 11.6 Å². The van der Waals surface area contributed by atoms with E-state index in [1.54, 1.807) is 11.0 Å². The molecular weight excluding hydrogens is 316 g/mol. The van der Waals surface area contributed by atoms with E-state index in [9.17, 15) is 13.2 Å². The number of hydrogen-bond acceptors (Lipinski definition) is 4. The molecule has 1 aromatic rings. The van der Waals surface area contributed by atoms with Gasteiger partial charge in [0.1, 0.15) is 0 Å². The van der Waals surface area contributed by atoms with E-state index in [-0.39, 0.29) is 19.0 Å². The van der Waals surface area contributed by atoms with Gasteiger partial charge in [-0.1, -0.05) is 11.6 Å². The third kappa shape index (κ3) is 3.34. The molecule has 0 aliphatic carbocycles. The maximum Gasteiger partial charge on any atom is 0.281 e. The zero-order valence-electron chi connectivity index (χ0n) is 11.9. The number of pyridine rings is 1. The molecule has 0 spiro atoms. The van der Waals surface area contributed by atoms with Crippen LogP contribution in [0.2, 0.25) is 5.02 Å². The number of aromatic nitrogens is 1. The SMILES string of the molecule is CN(C)S(=O)(=O)N1CCN(C(=O)c2ccncc2Cl)CC1. The lowest BCUT2D eigenvalue weighted by atomic mass is 10.2. The maximum atomic E-state index is 12.3. The second-order valence-electron chi connectivity index (χ2n) is 4.84. The molecule has 9 heteroatoms. The van der Waals surface area contributed by atoms with E-state index in [4.69, 9.17) is 11.6 Å². The average molecular weight is 333 g/mol. The summed E-state index contributed by atoms with van der Waals surface area (Å²) >= 11 is 5.96. The molecule has 1 fully saturated rings. The second kappa shape index (κ2) is 6.27. The number of amides is 1. The molecule has 2 heterocycles. The zero-order valence-corrected chi connectivity index (χ0v) is 13.4. The van der Waals surface area contributed by atoms with Gasteiger partial charge in [0.25, 0.3) is 16.1 Å². The summed E-state index contributed by atoms with van der Waals surface area (Å²) in [7, 11) is -0.450. The van der Waals surface area contributed by atoms with E-state index in [1.165, 1.54) is 35.1 Å². The Labute approximate surface area is 129 Å². The zero-order chi connectivity index (χ0) is 15.6. The van der Waals surface area contributed by atoms with Gasteiger partial charge < -0.3 is 4.90 Å². The molecule has 0 atom stereocenters. The molecule has 1 amide bonds. The molecule has 1 saturated heterocycles. The maximum absolute atomic E-state index is 12.3. The van der Waals surface area contributed by atoms with E-state index >= 15 is 0 Å². The molecule has 1 aromatic heterocycles. The summed E-state index contributed by atoms with van der Waals surface area (Å²) in [6, 6.07) is 1.56. The molecule has 1 aliphatic heterocycles. The van der Waals surface area contributed by atoms with Crippen LogP contribution < -0.4 is 0 Å². The highest BCUT2D eigenvalue weighted by Gasteiger charge is 2.30. The van der Waals surface area contributed by atoms with Gasteiger partial charge in [0, 0.05) is 52.7 Å². The second-order valence-corrected chi connectivity index (χ2v) is 7.39. The van der Waals surface area contributed by atoms with E-state index in [1.807, 2.05) is 0 Å². The molecule has 21 heavy (non-hydrogen) atoms. The summed E-state index contributed by atoms with van der Waals surface area (Å²) in [5.74, 6) is -0.204. The Morgan fingerprint density at radius 2 is 1.90 bits per heavy atom. The standard InChI is InChI=1S/C12H17ClN4O3S/c1-15(2)21(19,20)17-7-5-16(6-8-17)12(18)10-3-4-14-9-11(10)13/h3-4,9H,5-8H2,1-2H3. The average Bonchev–Trinajstić information content (AvgIpc) is 2.47. The predicted octanol–water partition coefficient (Wildman–Crippen LogP) is 0.299. The lowest BCUT2D eigenvalue weighted by Gasteiger charge is -2.35. The van der Waals surface area contributed by atoms with Crippen molar-refractivity contribution in [2.24, 2.45) is 0 Å². The highest BCUT2D eigenvalue weighted by molar-refractivity contribution is 7.86. The summed E-state index contributed by atoms with van der Waals surface area (Å²) in [5.41, 5.74) is 0.385. The van der Waals surface area contributed by atoms with Gasteiger partial charge in [-0.3, -0.25) is 9.78 Å². The van der Waals surface area contributed by atoms with Crippen LogP contribution in [0.4, 0.5) is 0 Å². The summed E-state index contributed by atoms with van der Waals surface area (Å²) in [6.07, 6.45) is 2.92. The Morgan fingerprint density at radius 1 is 1.29 bits per heavy atom. The fourth-order valence-electron chi connectivity index (χ4n) is 2.07. The summed E-state index contributed by atoms with van der Waals surface area (Å²) in [4.78, 5) is 17.8. The number of nitrogens with zero attached hydrogens (tertiary/aromatic N) is 4. The fourth-order valence-corrected chi connectivity index (χ4v) is 3.36. The van der Waals surface area contributed by atoms with E-state index in [0.29, 0.717) is 23.7 Å². The third-order valence-electron chi connectivity index (χ3n) is 3.32. The van der Waals surface area contributed by atoms with Crippen LogP contribution in [-0.2, 0) is 10.2 Å². The fraction of sp³-hybridized carbons (Fsp3) is 0.500. The lowest BCUT2D eigenvalue weighted by molar-refractivity contribution is 0.0695. The molecule has 1 aliphatic rings. The molecule has 0 radical (unpaired) electrons. The van der Waals surface area contributed by atoms with Crippen LogP contribution in [-0.4, -0.2) is 73.1 Å². The van der Waals surface area contributed by atoms with Crippen molar-refractivity contribution < 1.29 is 13.2 Å². The number of piperazine rings is 1. The van der Waals surface area contributed by atoms with Crippen molar-refractivity contribution >= 4 is 27.7 Å². The van der Waals surface area contributed by atoms with E-state index in [0.717, 1.165) is 0 Å². The first-order valence-electron chi connectivity index (χ1n) is 6.40. The monoisotopic (exact) mass is 332 g/mol. The van der Waals surface area contributed by atoms with Gasteiger partial charge in [0.2, 0.25) is 0 Å². The van der Waals surface area contributed by atoms with Gasteiger partial charge in [0.05, 0.1) is 10.6 Å². The lowest BCUT2D eigenvalue weighted by Crippen LogP contribution is -2.53. The normalized spacial score (nSPS) is 17.2. The van der Waals surface area contributed by atoms with Crippen molar-refractivity contribution in [2.75, 3.05) is 40.3 Å². The minimum atomic E-state index is -3.43. The third-order valence-corrected chi connectivity index (χ3v) is 5.56. The molecule has 0 saturated carbocycles. The molecule has 0 N–H and O–H groups in total. The van der Waals surface area contributed by atoms with Crippen LogP contribution in [0.15, 0.2) is 18.5 Å². The molecule has 116 valence electrons. The van der Waals surface area contributed by atoms with E-state index in [2.05, 4.69) is 4.98 Å². The van der Waals surface area contributed by atoms with Crippen molar-refractivity contribution in [2.45, 2.75) is 0 Å². The minimum absolute atomic E-state index is 0.204. The van der Waals surface area contributed by atoms with Crippen molar-refractivity contribution in [3.05, 3.63) is 29.0 Å². The quantitative estimate of drug-likeness (QED) is 0.798. The molecule has 0 aromatic carbocycles. The Bertz CT molecular complexity index is 627. The van der Waals surface area contributed by atoms with Gasteiger partial charge in [0.15, 0.2) is 0 Å². The number of rotatable bonds is 3. The highest BCUT2D eigenvalue weighted by atomic mass is 35.5. The number of carbonyl (C=O) groups is 1. The van der Waals surface area contributed by atoms with Gasteiger partial charge in [-0.05, 0) is 6.07 Å². The van der Waals surface area contributed by atoms with E-state index < -0.39 is 10.2 Å². The van der Waals surface area contributed by atoms with Crippen LogP contribution in [0, 0.1) is 0 Å². The molecule has 7 nitrogen and oxygen atoms in total. The first-order chi connectivity index (χ1) is 9.84. The van der Waals surface area contributed by atoms with Crippen molar-refractivity contribution in [1.29, 1.82) is 0 Å². The summed E-state index contributed by atoms with van der Waals surface area (Å²) < 4.78 is 26.5. The van der Waals surface area contributed by atoms with Crippen LogP contribution in [0.3, 0.4) is 0 Å². The predicted molar refractivity (Wildman–Crippen MR) is 79.3 cm³/mol. The Hall–Kier alpha value is -1.22. The smallest absolute Gasteiger partial charge is 0.281 e. The number of halogens is 1. The first-order valence-corrected chi connectivity index (χ1v) is 8.18. The van der Waals surface area contributed by atoms with Gasteiger partial charge in [-0.2, -0.15) is 17.0 Å². The topological polar surface area (TPSA) is 73.8 Å². The molecular formula is C12H17ClN4O3S. The molecule has 0 bridgehead atoms. The van der Waals surface area contributed by atoms with Crippen molar-refractivity contribution in [3.63, 3.8) is 0 Å². The van der Waals surface area contributed by atoms with Gasteiger partial charge in [-0.25, -0.2) is 0 Å². The van der Waals surface area contributed by atoms with Crippen molar-refractivity contribution in [1.82, 2.24) is 18.5 Å². The summed E-state index contributed by atoms with van der Waals surface area (Å²) in [5, 5.41) is 0.297. The Morgan fingerprint density at radius 3 is 2.43 bits per heavy atom. The largest absolute Gasteiger partial charge is 0.336 e. The summed E-state index contributed by atoms with van der Waals surface area (Å²) in [6.45, 7) is 1.22.